The SMILES string of the molecule is CCn1c(=O)c2c(C(C)F)c(C(=O)N3CCNC(O)C3)sc2n(CCC(F)(F)F)c1=O. The topological polar surface area (TPSA) is 96.6 Å². The lowest BCUT2D eigenvalue weighted by Gasteiger charge is -2.30. The van der Waals surface area contributed by atoms with E-state index in [1.54, 1.807) is 0 Å². The number of thiophene rings is 1. The van der Waals surface area contributed by atoms with Crippen LogP contribution >= 0.6 is 11.3 Å². The summed E-state index contributed by atoms with van der Waals surface area (Å²) >= 11 is 0.629. The molecule has 0 aromatic carbocycles. The molecule has 8 nitrogen and oxygen atoms in total. The predicted octanol–water partition coefficient (Wildman–Crippen LogP) is 1.59. The number of aromatic nitrogens is 2. The van der Waals surface area contributed by atoms with Crippen molar-refractivity contribution in [2.75, 3.05) is 19.6 Å². The first kappa shape index (κ1) is 23.4. The number of nitrogens with zero attached hydrogens (tertiary/aromatic N) is 3. The van der Waals surface area contributed by atoms with E-state index in [2.05, 4.69) is 5.32 Å². The maximum atomic E-state index is 14.6. The molecule has 1 aliphatic rings. The van der Waals surface area contributed by atoms with Crippen molar-refractivity contribution in [2.45, 2.75) is 51.9 Å². The Morgan fingerprint density at radius 3 is 2.55 bits per heavy atom. The summed E-state index contributed by atoms with van der Waals surface area (Å²) in [5.74, 6) is -0.654. The number of piperazine rings is 1. The van der Waals surface area contributed by atoms with E-state index in [9.17, 15) is 37.1 Å². The van der Waals surface area contributed by atoms with Crippen LogP contribution in [0.15, 0.2) is 9.59 Å². The van der Waals surface area contributed by atoms with Crippen LogP contribution in [0.2, 0.25) is 0 Å². The highest BCUT2D eigenvalue weighted by atomic mass is 32.1. The van der Waals surface area contributed by atoms with Crippen LogP contribution in [0.5, 0.6) is 0 Å². The average Bonchev–Trinajstić information content (AvgIpc) is 3.07. The number of aliphatic hydroxyl groups is 1. The van der Waals surface area contributed by atoms with E-state index in [0.717, 1.165) is 16.1 Å². The summed E-state index contributed by atoms with van der Waals surface area (Å²) in [5.41, 5.74) is -2.04. The minimum Gasteiger partial charge on any atom is -0.377 e. The minimum absolute atomic E-state index is 0.0761. The number of aryl methyl sites for hydroxylation is 1. The van der Waals surface area contributed by atoms with Gasteiger partial charge in [-0.15, -0.1) is 11.3 Å². The number of carbonyl (C=O) groups is 1. The van der Waals surface area contributed by atoms with E-state index in [-0.39, 0.29) is 46.8 Å². The van der Waals surface area contributed by atoms with Gasteiger partial charge in [-0.3, -0.25) is 24.0 Å². The number of hydrogen-bond donors (Lipinski definition) is 2. The maximum Gasteiger partial charge on any atom is 0.390 e. The second kappa shape index (κ2) is 8.71. The molecule has 172 valence electrons. The van der Waals surface area contributed by atoms with Gasteiger partial charge < -0.3 is 10.0 Å². The first-order valence-corrected chi connectivity index (χ1v) is 10.5. The predicted molar refractivity (Wildman–Crippen MR) is 106 cm³/mol. The molecular formula is C18H22F4N4O4S. The molecular weight excluding hydrogens is 444 g/mol. The molecule has 1 saturated heterocycles. The molecule has 0 saturated carbocycles. The maximum absolute atomic E-state index is 14.6. The lowest BCUT2D eigenvalue weighted by molar-refractivity contribution is -0.136. The molecule has 2 N–H and O–H groups in total. The highest BCUT2D eigenvalue weighted by molar-refractivity contribution is 7.20. The van der Waals surface area contributed by atoms with Gasteiger partial charge in [-0.05, 0) is 13.8 Å². The van der Waals surface area contributed by atoms with E-state index in [4.69, 9.17) is 0 Å². The fourth-order valence-corrected chi connectivity index (χ4v) is 4.96. The Kier molecular flexibility index (Phi) is 6.58. The summed E-state index contributed by atoms with van der Waals surface area (Å²) in [6.07, 6.45) is -8.65. The van der Waals surface area contributed by atoms with Crippen LogP contribution in [0.3, 0.4) is 0 Å². The summed E-state index contributed by atoms with van der Waals surface area (Å²) in [5, 5.41) is 12.2. The van der Waals surface area contributed by atoms with E-state index in [0.29, 0.717) is 11.3 Å². The Morgan fingerprint density at radius 1 is 1.32 bits per heavy atom. The average molecular weight is 466 g/mol. The van der Waals surface area contributed by atoms with Crippen molar-refractivity contribution in [3.63, 3.8) is 0 Å². The van der Waals surface area contributed by atoms with Gasteiger partial charge in [-0.1, -0.05) is 0 Å². The van der Waals surface area contributed by atoms with Crippen molar-refractivity contribution >= 4 is 27.5 Å². The third-order valence-corrected chi connectivity index (χ3v) is 6.28. The second-order valence-electron chi connectivity index (χ2n) is 7.21. The fraction of sp³-hybridized carbons (Fsp3) is 0.611. The molecule has 2 unspecified atom stereocenters. The number of fused-ring (bicyclic) bond motifs is 1. The number of aliphatic hydroxyl groups excluding tert-OH is 1. The van der Waals surface area contributed by atoms with Gasteiger partial charge in [0, 0.05) is 31.7 Å². The standard InChI is InChI=1S/C18H22F4N4O4S/c1-3-25-14(28)12-11(9(2)19)13(15(29)24-7-5-23-10(27)8-24)31-16(12)26(17(25)30)6-4-18(20,21)22/h9-10,23,27H,3-8H2,1-2H3. The highest BCUT2D eigenvalue weighted by Crippen LogP contribution is 2.36. The summed E-state index contributed by atoms with van der Waals surface area (Å²) in [6.45, 7) is 2.13. The molecule has 0 aliphatic carbocycles. The first-order chi connectivity index (χ1) is 14.5. The van der Waals surface area contributed by atoms with Crippen LogP contribution in [-0.4, -0.2) is 57.1 Å². The highest BCUT2D eigenvalue weighted by Gasteiger charge is 2.33. The summed E-state index contributed by atoms with van der Waals surface area (Å²) in [7, 11) is 0. The molecule has 0 spiro atoms. The fourth-order valence-electron chi connectivity index (χ4n) is 3.59. The molecule has 3 rings (SSSR count). The van der Waals surface area contributed by atoms with Crippen molar-refractivity contribution in [1.82, 2.24) is 19.4 Å². The molecule has 0 bridgehead atoms. The third kappa shape index (κ3) is 4.53. The van der Waals surface area contributed by atoms with Crippen LogP contribution in [-0.2, 0) is 13.1 Å². The Labute approximate surface area is 177 Å². The molecule has 2 aromatic heterocycles. The number of nitrogens with one attached hydrogen (secondary N) is 1. The van der Waals surface area contributed by atoms with E-state index in [1.165, 1.54) is 11.8 Å². The molecule has 13 heteroatoms. The van der Waals surface area contributed by atoms with E-state index >= 15 is 0 Å². The lowest BCUT2D eigenvalue weighted by atomic mass is 10.1. The monoisotopic (exact) mass is 466 g/mol. The van der Waals surface area contributed by atoms with Crippen LogP contribution in [0, 0.1) is 0 Å². The molecule has 1 fully saturated rings. The van der Waals surface area contributed by atoms with Crippen LogP contribution in [0.1, 0.15) is 41.7 Å². The number of halogens is 4. The summed E-state index contributed by atoms with van der Waals surface area (Å²) < 4.78 is 54.6. The smallest absolute Gasteiger partial charge is 0.377 e. The zero-order chi connectivity index (χ0) is 23.1. The van der Waals surface area contributed by atoms with Gasteiger partial charge in [0.1, 0.15) is 22.1 Å². The van der Waals surface area contributed by atoms with Crippen LogP contribution in [0.25, 0.3) is 10.2 Å². The van der Waals surface area contributed by atoms with Crippen LogP contribution < -0.4 is 16.6 Å². The van der Waals surface area contributed by atoms with Gasteiger partial charge in [-0.25, -0.2) is 9.18 Å². The van der Waals surface area contributed by atoms with Crippen LogP contribution in [0.4, 0.5) is 17.6 Å². The molecule has 31 heavy (non-hydrogen) atoms. The van der Waals surface area contributed by atoms with Crippen molar-refractivity contribution in [1.29, 1.82) is 0 Å². The van der Waals surface area contributed by atoms with Gasteiger partial charge in [0.2, 0.25) is 0 Å². The zero-order valence-electron chi connectivity index (χ0n) is 16.8. The number of hydrogen-bond acceptors (Lipinski definition) is 6. The Balaban J connectivity index is 2.26. The number of β-amino-alcohol motifs (C(OH)–C–C–N with tert-alkyl or cyclic N) is 1. The first-order valence-electron chi connectivity index (χ1n) is 9.67. The quantitative estimate of drug-likeness (QED) is 0.653. The third-order valence-electron chi connectivity index (χ3n) is 5.06. The molecule has 1 aliphatic heterocycles. The van der Waals surface area contributed by atoms with Crippen molar-refractivity contribution in [2.24, 2.45) is 0 Å². The zero-order valence-corrected chi connectivity index (χ0v) is 17.6. The normalized spacial score (nSPS) is 18.5. The largest absolute Gasteiger partial charge is 0.390 e. The number of carbonyl (C=O) groups excluding carboxylic acids is 1. The minimum atomic E-state index is -4.55. The van der Waals surface area contributed by atoms with Gasteiger partial charge in [-0.2, -0.15) is 13.2 Å². The van der Waals surface area contributed by atoms with Crippen molar-refractivity contribution in [3.05, 3.63) is 31.3 Å². The molecule has 0 radical (unpaired) electrons. The number of amides is 1. The van der Waals surface area contributed by atoms with E-state index in [1.807, 2.05) is 0 Å². The molecule has 1 amide bonds. The molecule has 2 atom stereocenters. The molecule has 2 aromatic rings. The number of alkyl halides is 4. The Hall–Kier alpha value is -2.25. The Bertz CT molecular complexity index is 1110. The lowest BCUT2D eigenvalue weighted by Crippen LogP contribution is -2.52. The Morgan fingerprint density at radius 2 is 2.00 bits per heavy atom. The van der Waals surface area contributed by atoms with E-state index < -0.39 is 48.7 Å². The van der Waals surface area contributed by atoms with Gasteiger partial charge >= 0.3 is 11.9 Å². The van der Waals surface area contributed by atoms with Gasteiger partial charge in [0.05, 0.1) is 18.4 Å². The summed E-state index contributed by atoms with van der Waals surface area (Å²) in [6, 6.07) is 0. The summed E-state index contributed by atoms with van der Waals surface area (Å²) in [4.78, 5) is 39.6. The number of rotatable bonds is 5. The van der Waals surface area contributed by atoms with Gasteiger partial charge in [0.25, 0.3) is 11.5 Å². The molecule has 3 heterocycles. The van der Waals surface area contributed by atoms with Gasteiger partial charge in [0.15, 0.2) is 0 Å². The van der Waals surface area contributed by atoms with Crippen molar-refractivity contribution in [3.8, 4) is 0 Å². The second-order valence-corrected chi connectivity index (χ2v) is 8.21. The van der Waals surface area contributed by atoms with Crippen molar-refractivity contribution < 1.29 is 27.5 Å².